The number of nitrogens with zero attached hydrogens (tertiary/aromatic N) is 2. The van der Waals surface area contributed by atoms with Gasteiger partial charge in [-0.3, -0.25) is 9.59 Å². The molecule has 1 aliphatic carbocycles. The van der Waals surface area contributed by atoms with Gasteiger partial charge < -0.3 is 15.5 Å². The summed E-state index contributed by atoms with van der Waals surface area (Å²) in [5, 5.41) is 0. The zero-order valence-corrected chi connectivity index (χ0v) is 10.6. The molecule has 1 saturated heterocycles. The van der Waals surface area contributed by atoms with Gasteiger partial charge in [-0.25, -0.2) is 0 Å². The number of piperazine rings is 1. The van der Waals surface area contributed by atoms with Crippen molar-refractivity contribution >= 4 is 11.8 Å². The zero-order valence-electron chi connectivity index (χ0n) is 10.6. The lowest BCUT2D eigenvalue weighted by Crippen LogP contribution is -2.57. The van der Waals surface area contributed by atoms with Crippen LogP contribution in [0.5, 0.6) is 0 Å². The normalized spacial score (nSPS) is 21.6. The number of hydrogen-bond donors (Lipinski definition) is 1. The van der Waals surface area contributed by atoms with Crippen LogP contribution in [0.4, 0.5) is 0 Å². The van der Waals surface area contributed by atoms with Crippen molar-refractivity contribution in [1.82, 2.24) is 9.80 Å². The van der Waals surface area contributed by atoms with Crippen LogP contribution < -0.4 is 5.73 Å². The van der Waals surface area contributed by atoms with E-state index in [0.717, 1.165) is 12.8 Å². The monoisotopic (exact) mass is 239 g/mol. The molecule has 0 radical (unpaired) electrons. The fourth-order valence-corrected chi connectivity index (χ4v) is 2.13. The third-order valence-corrected chi connectivity index (χ3v) is 3.36. The fraction of sp³-hybridized carbons (Fsp3) is 0.833. The summed E-state index contributed by atoms with van der Waals surface area (Å²) in [5.41, 5.74) is 4.97. The number of carbonyl (C=O) groups is 2. The van der Waals surface area contributed by atoms with Crippen molar-refractivity contribution in [2.24, 2.45) is 11.7 Å². The lowest BCUT2D eigenvalue weighted by Gasteiger charge is -2.37. The molecular weight excluding hydrogens is 218 g/mol. The highest BCUT2D eigenvalue weighted by molar-refractivity contribution is 5.86. The van der Waals surface area contributed by atoms with Crippen LogP contribution in [0.25, 0.3) is 0 Å². The minimum Gasteiger partial charge on any atom is -0.339 e. The van der Waals surface area contributed by atoms with Gasteiger partial charge in [0, 0.05) is 32.1 Å². The molecule has 0 aromatic carbocycles. The Morgan fingerprint density at radius 3 is 1.94 bits per heavy atom. The first-order valence-corrected chi connectivity index (χ1v) is 6.26. The SMILES string of the molecule is CC(C)(N)C(=O)N1CCN(C(=O)C2CC2)CC1. The molecule has 0 aromatic heterocycles. The molecule has 2 aliphatic rings. The maximum Gasteiger partial charge on any atom is 0.242 e. The van der Waals surface area contributed by atoms with Crippen molar-refractivity contribution in [3.63, 3.8) is 0 Å². The van der Waals surface area contributed by atoms with Gasteiger partial charge in [0.25, 0.3) is 0 Å². The highest BCUT2D eigenvalue weighted by Crippen LogP contribution is 2.31. The molecule has 2 rings (SSSR count). The first-order chi connectivity index (χ1) is 7.89. The van der Waals surface area contributed by atoms with Gasteiger partial charge in [0.1, 0.15) is 0 Å². The van der Waals surface area contributed by atoms with Gasteiger partial charge in [0.15, 0.2) is 0 Å². The highest BCUT2D eigenvalue weighted by Gasteiger charge is 2.36. The maximum atomic E-state index is 11.9. The number of nitrogens with two attached hydrogens (primary N) is 1. The van der Waals surface area contributed by atoms with E-state index in [1.54, 1.807) is 18.7 Å². The van der Waals surface area contributed by atoms with Crippen LogP contribution in [0, 0.1) is 5.92 Å². The van der Waals surface area contributed by atoms with Gasteiger partial charge in [-0.2, -0.15) is 0 Å². The molecule has 2 amide bonds. The maximum absolute atomic E-state index is 11.9. The summed E-state index contributed by atoms with van der Waals surface area (Å²) in [7, 11) is 0. The van der Waals surface area contributed by atoms with E-state index in [4.69, 9.17) is 5.73 Å². The van der Waals surface area contributed by atoms with Crippen LogP contribution in [0.1, 0.15) is 26.7 Å². The average Bonchev–Trinajstić information content (AvgIpc) is 3.10. The third-order valence-electron chi connectivity index (χ3n) is 3.36. The van der Waals surface area contributed by atoms with E-state index < -0.39 is 5.54 Å². The molecule has 2 N–H and O–H groups in total. The van der Waals surface area contributed by atoms with Crippen molar-refractivity contribution in [2.75, 3.05) is 26.2 Å². The lowest BCUT2D eigenvalue weighted by atomic mass is 10.0. The Bertz CT molecular complexity index is 323. The lowest BCUT2D eigenvalue weighted by molar-refractivity contribution is -0.142. The molecule has 0 spiro atoms. The summed E-state index contributed by atoms with van der Waals surface area (Å²) in [5.74, 6) is 0.503. The van der Waals surface area contributed by atoms with E-state index in [1.807, 2.05) is 4.90 Å². The van der Waals surface area contributed by atoms with Gasteiger partial charge in [0.2, 0.25) is 11.8 Å². The molecule has 0 aromatic rings. The Morgan fingerprint density at radius 1 is 1.06 bits per heavy atom. The second kappa shape index (κ2) is 4.29. The molecule has 0 bridgehead atoms. The number of rotatable bonds is 2. The zero-order chi connectivity index (χ0) is 12.6. The second-order valence-electron chi connectivity index (χ2n) is 5.61. The Morgan fingerprint density at radius 2 is 1.53 bits per heavy atom. The average molecular weight is 239 g/mol. The molecule has 1 saturated carbocycles. The van der Waals surface area contributed by atoms with E-state index >= 15 is 0 Å². The minimum absolute atomic E-state index is 0.0315. The summed E-state index contributed by atoms with van der Waals surface area (Å²) in [6.45, 7) is 5.96. The van der Waals surface area contributed by atoms with E-state index in [-0.39, 0.29) is 17.7 Å². The van der Waals surface area contributed by atoms with Gasteiger partial charge in [-0.15, -0.1) is 0 Å². The summed E-state index contributed by atoms with van der Waals surface area (Å²) in [4.78, 5) is 27.4. The number of hydrogen-bond acceptors (Lipinski definition) is 3. The molecular formula is C12H21N3O2. The first-order valence-electron chi connectivity index (χ1n) is 6.26. The minimum atomic E-state index is -0.817. The third kappa shape index (κ3) is 2.77. The fourth-order valence-electron chi connectivity index (χ4n) is 2.13. The van der Waals surface area contributed by atoms with Gasteiger partial charge in [0.05, 0.1) is 5.54 Å². The van der Waals surface area contributed by atoms with Crippen LogP contribution in [0.15, 0.2) is 0 Å². The Labute approximate surface area is 102 Å². The van der Waals surface area contributed by atoms with Gasteiger partial charge in [-0.05, 0) is 26.7 Å². The Balaban J connectivity index is 1.85. The molecule has 0 atom stereocenters. The Kier molecular flexibility index (Phi) is 3.12. The second-order valence-corrected chi connectivity index (χ2v) is 5.61. The highest BCUT2D eigenvalue weighted by atomic mass is 16.2. The molecule has 5 heteroatoms. The summed E-state index contributed by atoms with van der Waals surface area (Å²) < 4.78 is 0. The van der Waals surface area contributed by atoms with Crippen LogP contribution >= 0.6 is 0 Å². The van der Waals surface area contributed by atoms with E-state index in [1.165, 1.54) is 0 Å². The van der Waals surface area contributed by atoms with Crippen LogP contribution in [0.2, 0.25) is 0 Å². The van der Waals surface area contributed by atoms with E-state index in [2.05, 4.69) is 0 Å². The molecule has 17 heavy (non-hydrogen) atoms. The topological polar surface area (TPSA) is 66.6 Å². The van der Waals surface area contributed by atoms with E-state index in [9.17, 15) is 9.59 Å². The summed E-state index contributed by atoms with van der Waals surface area (Å²) in [6, 6.07) is 0. The predicted molar refractivity (Wildman–Crippen MR) is 64.2 cm³/mol. The summed E-state index contributed by atoms with van der Waals surface area (Å²) in [6.07, 6.45) is 2.07. The van der Waals surface area contributed by atoms with Crippen LogP contribution in [0.3, 0.4) is 0 Å². The first kappa shape index (κ1) is 12.4. The van der Waals surface area contributed by atoms with Gasteiger partial charge >= 0.3 is 0 Å². The van der Waals surface area contributed by atoms with Crippen LogP contribution in [-0.4, -0.2) is 53.3 Å². The quantitative estimate of drug-likeness (QED) is 0.726. The molecule has 0 unspecified atom stereocenters. The summed E-state index contributed by atoms with van der Waals surface area (Å²) >= 11 is 0. The Hall–Kier alpha value is -1.10. The number of carbonyl (C=O) groups excluding carboxylic acids is 2. The standard InChI is InChI=1S/C12H21N3O2/c1-12(2,13)11(17)15-7-5-14(6-8-15)10(16)9-3-4-9/h9H,3-8,13H2,1-2H3. The van der Waals surface area contributed by atoms with E-state index in [0.29, 0.717) is 26.2 Å². The van der Waals surface area contributed by atoms with Crippen molar-refractivity contribution < 1.29 is 9.59 Å². The van der Waals surface area contributed by atoms with Crippen molar-refractivity contribution in [2.45, 2.75) is 32.2 Å². The molecule has 5 nitrogen and oxygen atoms in total. The number of amides is 2. The molecule has 2 fully saturated rings. The molecule has 1 heterocycles. The van der Waals surface area contributed by atoms with Crippen molar-refractivity contribution in [3.05, 3.63) is 0 Å². The largest absolute Gasteiger partial charge is 0.339 e. The van der Waals surface area contributed by atoms with Gasteiger partial charge in [-0.1, -0.05) is 0 Å². The smallest absolute Gasteiger partial charge is 0.242 e. The molecule has 1 aliphatic heterocycles. The van der Waals surface area contributed by atoms with Crippen molar-refractivity contribution in [3.8, 4) is 0 Å². The molecule has 96 valence electrons. The predicted octanol–water partition coefficient (Wildman–Crippen LogP) is -0.195. The van der Waals surface area contributed by atoms with Crippen molar-refractivity contribution in [1.29, 1.82) is 0 Å². The van der Waals surface area contributed by atoms with Crippen LogP contribution in [-0.2, 0) is 9.59 Å².